The second-order valence-electron chi connectivity index (χ2n) is 5.10. The van der Waals surface area contributed by atoms with Crippen molar-refractivity contribution in [3.8, 4) is 0 Å². The van der Waals surface area contributed by atoms with Gasteiger partial charge in [-0.3, -0.25) is 4.79 Å². The van der Waals surface area contributed by atoms with Gasteiger partial charge < -0.3 is 10.2 Å². The average Bonchev–Trinajstić information content (AvgIpc) is 2.49. The Kier molecular flexibility index (Phi) is 5.75. The van der Waals surface area contributed by atoms with Crippen molar-refractivity contribution in [3.05, 3.63) is 29.3 Å². The largest absolute Gasteiger partial charge is 0.342 e. The average molecular weight is 313 g/mol. The normalized spacial score (nSPS) is 18.1. The summed E-state index contributed by atoms with van der Waals surface area (Å²) in [7, 11) is 1.99. The van der Waals surface area contributed by atoms with E-state index in [0.717, 1.165) is 35.8 Å². The lowest BCUT2D eigenvalue weighted by atomic mass is 10.1. The maximum absolute atomic E-state index is 12.4. The van der Waals surface area contributed by atoms with Gasteiger partial charge in [0.2, 0.25) is 5.91 Å². The number of amides is 1. The van der Waals surface area contributed by atoms with Crippen molar-refractivity contribution < 1.29 is 4.79 Å². The quantitative estimate of drug-likeness (QED) is 0.867. The topological polar surface area (TPSA) is 32.3 Å². The van der Waals surface area contributed by atoms with Crippen molar-refractivity contribution in [1.29, 1.82) is 0 Å². The van der Waals surface area contributed by atoms with Crippen LogP contribution in [0.5, 0.6) is 0 Å². The fourth-order valence-corrected chi connectivity index (χ4v) is 3.49. The summed E-state index contributed by atoms with van der Waals surface area (Å²) in [4.78, 5) is 15.5. The minimum absolute atomic E-state index is 0.0534. The molecule has 1 amide bonds. The molecule has 1 fully saturated rings. The summed E-state index contributed by atoms with van der Waals surface area (Å²) >= 11 is 7.46. The van der Waals surface area contributed by atoms with Gasteiger partial charge in [0.25, 0.3) is 0 Å². The molecule has 1 aliphatic rings. The first kappa shape index (κ1) is 15.7. The Labute approximate surface area is 130 Å². The lowest BCUT2D eigenvalue weighted by molar-refractivity contribution is -0.131. The third-order valence-corrected chi connectivity index (χ3v) is 5.04. The van der Waals surface area contributed by atoms with Crippen LogP contribution in [0.3, 0.4) is 0 Å². The van der Waals surface area contributed by atoms with Gasteiger partial charge in [-0.2, -0.15) is 0 Å². The van der Waals surface area contributed by atoms with Crippen molar-refractivity contribution in [2.75, 3.05) is 20.1 Å². The van der Waals surface area contributed by atoms with Crippen LogP contribution in [0.4, 0.5) is 0 Å². The summed E-state index contributed by atoms with van der Waals surface area (Å²) in [5, 5.41) is 3.95. The molecule has 3 nitrogen and oxygen atoms in total. The maximum atomic E-state index is 12.4. The molecule has 20 heavy (non-hydrogen) atoms. The molecule has 1 saturated heterocycles. The fraction of sp³-hybridized carbons (Fsp3) is 0.533. The number of piperidine rings is 1. The standard InChI is InChI=1S/C15H21ClN2OS/c1-11(20-14-5-3-12(16)4-6-14)15(19)18-9-7-13(17-2)8-10-18/h3-6,11,13,17H,7-10H2,1-2H3. The van der Waals surface area contributed by atoms with Gasteiger partial charge in [-0.1, -0.05) is 11.6 Å². The molecule has 1 aliphatic heterocycles. The molecule has 0 spiro atoms. The molecule has 1 atom stereocenters. The molecular weight excluding hydrogens is 292 g/mol. The summed E-state index contributed by atoms with van der Waals surface area (Å²) < 4.78 is 0. The van der Waals surface area contributed by atoms with E-state index in [9.17, 15) is 4.79 Å². The second kappa shape index (κ2) is 7.34. The van der Waals surface area contributed by atoms with Crippen LogP contribution in [0.15, 0.2) is 29.2 Å². The molecule has 0 radical (unpaired) electrons. The van der Waals surface area contributed by atoms with Crippen LogP contribution >= 0.6 is 23.4 Å². The van der Waals surface area contributed by atoms with Gasteiger partial charge in [0, 0.05) is 29.0 Å². The third kappa shape index (κ3) is 4.14. The Morgan fingerprint density at radius 2 is 1.95 bits per heavy atom. The molecule has 1 aromatic rings. The number of halogens is 1. The van der Waals surface area contributed by atoms with Crippen LogP contribution in [0, 0.1) is 0 Å². The summed E-state index contributed by atoms with van der Waals surface area (Å²) in [6.07, 6.45) is 2.08. The highest BCUT2D eigenvalue weighted by Gasteiger charge is 2.25. The van der Waals surface area contributed by atoms with Gasteiger partial charge in [0.05, 0.1) is 5.25 Å². The van der Waals surface area contributed by atoms with E-state index in [1.54, 1.807) is 11.8 Å². The van der Waals surface area contributed by atoms with Crippen LogP contribution in [-0.2, 0) is 4.79 Å². The fourth-order valence-electron chi connectivity index (χ4n) is 2.41. The summed E-state index contributed by atoms with van der Waals surface area (Å²) in [6, 6.07) is 8.20. The number of benzene rings is 1. The van der Waals surface area contributed by atoms with Gasteiger partial charge >= 0.3 is 0 Å². The van der Waals surface area contributed by atoms with Crippen molar-refractivity contribution in [2.24, 2.45) is 0 Å². The molecule has 2 rings (SSSR count). The number of nitrogens with one attached hydrogen (secondary N) is 1. The smallest absolute Gasteiger partial charge is 0.235 e. The van der Waals surface area contributed by atoms with E-state index in [-0.39, 0.29) is 11.2 Å². The van der Waals surface area contributed by atoms with E-state index in [4.69, 9.17) is 11.6 Å². The van der Waals surface area contributed by atoms with E-state index < -0.39 is 0 Å². The second-order valence-corrected chi connectivity index (χ2v) is 6.95. The van der Waals surface area contributed by atoms with Crippen LogP contribution in [0.25, 0.3) is 0 Å². The molecule has 1 unspecified atom stereocenters. The highest BCUT2D eigenvalue weighted by Crippen LogP contribution is 2.26. The van der Waals surface area contributed by atoms with Crippen LogP contribution in [-0.4, -0.2) is 42.2 Å². The number of rotatable bonds is 4. The van der Waals surface area contributed by atoms with E-state index in [1.807, 2.05) is 43.1 Å². The van der Waals surface area contributed by atoms with Crippen molar-refractivity contribution in [1.82, 2.24) is 10.2 Å². The number of hydrogen-bond acceptors (Lipinski definition) is 3. The van der Waals surface area contributed by atoms with Crippen LogP contribution in [0.2, 0.25) is 5.02 Å². The van der Waals surface area contributed by atoms with Crippen molar-refractivity contribution in [2.45, 2.75) is 36.0 Å². The van der Waals surface area contributed by atoms with Crippen molar-refractivity contribution in [3.63, 3.8) is 0 Å². The maximum Gasteiger partial charge on any atom is 0.235 e. The lowest BCUT2D eigenvalue weighted by Crippen LogP contribution is -2.46. The molecule has 0 bridgehead atoms. The molecule has 0 aromatic heterocycles. The van der Waals surface area contributed by atoms with E-state index in [0.29, 0.717) is 6.04 Å². The lowest BCUT2D eigenvalue weighted by Gasteiger charge is -2.33. The zero-order valence-corrected chi connectivity index (χ0v) is 13.5. The molecule has 0 saturated carbocycles. The van der Waals surface area contributed by atoms with Gasteiger partial charge in [-0.05, 0) is 51.1 Å². The van der Waals surface area contributed by atoms with Crippen molar-refractivity contribution >= 4 is 29.3 Å². The highest BCUT2D eigenvalue weighted by molar-refractivity contribution is 8.00. The Bertz CT molecular complexity index is 444. The first-order valence-electron chi connectivity index (χ1n) is 6.98. The zero-order chi connectivity index (χ0) is 14.5. The van der Waals surface area contributed by atoms with Crippen LogP contribution < -0.4 is 5.32 Å². The first-order chi connectivity index (χ1) is 9.60. The van der Waals surface area contributed by atoms with Gasteiger partial charge in [-0.15, -0.1) is 11.8 Å². The molecule has 110 valence electrons. The predicted molar refractivity (Wildman–Crippen MR) is 85.4 cm³/mol. The number of nitrogens with zero attached hydrogens (tertiary/aromatic N) is 1. The van der Waals surface area contributed by atoms with Crippen LogP contribution in [0.1, 0.15) is 19.8 Å². The highest BCUT2D eigenvalue weighted by atomic mass is 35.5. The molecular formula is C15H21ClN2OS. The molecule has 5 heteroatoms. The summed E-state index contributed by atoms with van der Waals surface area (Å²) in [5.41, 5.74) is 0. The van der Waals surface area contributed by atoms with Gasteiger partial charge in [-0.25, -0.2) is 0 Å². The monoisotopic (exact) mass is 312 g/mol. The molecule has 0 aliphatic carbocycles. The summed E-state index contributed by atoms with van der Waals surface area (Å²) in [5.74, 6) is 0.236. The Hall–Kier alpha value is -0.710. The minimum Gasteiger partial charge on any atom is -0.342 e. The molecule has 1 aromatic carbocycles. The van der Waals surface area contributed by atoms with E-state index in [2.05, 4.69) is 5.32 Å². The Morgan fingerprint density at radius 1 is 1.35 bits per heavy atom. The number of hydrogen-bond donors (Lipinski definition) is 1. The number of thioether (sulfide) groups is 1. The Balaban J connectivity index is 1.87. The van der Waals surface area contributed by atoms with Gasteiger partial charge in [0.1, 0.15) is 0 Å². The van der Waals surface area contributed by atoms with E-state index >= 15 is 0 Å². The SMILES string of the molecule is CNC1CCN(C(=O)C(C)Sc2ccc(Cl)cc2)CC1. The zero-order valence-electron chi connectivity index (χ0n) is 11.9. The van der Waals surface area contributed by atoms with Gasteiger partial charge in [0.15, 0.2) is 0 Å². The number of carbonyl (C=O) groups excluding carboxylic acids is 1. The third-order valence-electron chi connectivity index (χ3n) is 3.69. The Morgan fingerprint density at radius 3 is 2.50 bits per heavy atom. The number of carbonyl (C=O) groups is 1. The van der Waals surface area contributed by atoms with E-state index in [1.165, 1.54) is 0 Å². The number of likely N-dealkylation sites (tertiary alicyclic amines) is 1. The first-order valence-corrected chi connectivity index (χ1v) is 8.24. The minimum atomic E-state index is -0.0534. The predicted octanol–water partition coefficient (Wildman–Crippen LogP) is 3.03. The molecule has 1 heterocycles. The summed E-state index contributed by atoms with van der Waals surface area (Å²) in [6.45, 7) is 3.69. The molecule has 1 N–H and O–H groups in total.